The molecule has 2 unspecified atom stereocenters. The number of carbonyl (C=O) groups is 2. The summed E-state index contributed by atoms with van der Waals surface area (Å²) in [6, 6.07) is 15.6. The van der Waals surface area contributed by atoms with Crippen molar-refractivity contribution in [3.8, 4) is 11.1 Å². The third-order valence-corrected chi connectivity index (χ3v) is 3.80. The molecule has 0 bridgehead atoms. The number of nitrogens with one attached hydrogen (secondary N) is 1. The molecular formula is C21H25NO5. The number of carbonyl (C=O) groups excluding carboxylic acids is 2. The number of alkyl carbamates (subject to hydrolysis) is 1. The second-order valence-corrected chi connectivity index (χ2v) is 7.08. The Morgan fingerprint density at radius 2 is 1.52 bits per heavy atom. The van der Waals surface area contributed by atoms with Crippen molar-refractivity contribution in [1.82, 2.24) is 5.32 Å². The van der Waals surface area contributed by atoms with Gasteiger partial charge in [-0.2, -0.15) is 0 Å². The Balaban J connectivity index is 2.18. The Labute approximate surface area is 159 Å². The van der Waals surface area contributed by atoms with E-state index in [1.165, 1.54) is 7.11 Å². The maximum Gasteiger partial charge on any atom is 0.408 e. The number of hydrogen-bond acceptors (Lipinski definition) is 5. The van der Waals surface area contributed by atoms with E-state index in [2.05, 4.69) is 5.32 Å². The molecule has 6 nitrogen and oxygen atoms in total. The van der Waals surface area contributed by atoms with Gasteiger partial charge in [0, 0.05) is 0 Å². The first kappa shape index (κ1) is 20.5. The zero-order chi connectivity index (χ0) is 20.0. The molecule has 0 spiro atoms. The van der Waals surface area contributed by atoms with Gasteiger partial charge in [0.05, 0.1) is 7.11 Å². The Hall–Kier alpha value is -2.86. The van der Waals surface area contributed by atoms with E-state index >= 15 is 0 Å². The van der Waals surface area contributed by atoms with Gasteiger partial charge >= 0.3 is 12.1 Å². The number of ether oxygens (including phenoxy) is 2. The normalized spacial score (nSPS) is 13.4. The summed E-state index contributed by atoms with van der Waals surface area (Å²) < 4.78 is 9.87. The Morgan fingerprint density at radius 3 is 2.04 bits per heavy atom. The zero-order valence-corrected chi connectivity index (χ0v) is 15.9. The number of hydrogen-bond donors (Lipinski definition) is 2. The molecule has 2 N–H and O–H groups in total. The molecule has 0 aliphatic rings. The topological polar surface area (TPSA) is 84.9 Å². The highest BCUT2D eigenvalue weighted by atomic mass is 16.6. The second-order valence-electron chi connectivity index (χ2n) is 7.08. The summed E-state index contributed by atoms with van der Waals surface area (Å²) in [5, 5.41) is 13.0. The van der Waals surface area contributed by atoms with Crippen LogP contribution in [0.3, 0.4) is 0 Å². The van der Waals surface area contributed by atoms with Gasteiger partial charge in [0.1, 0.15) is 11.7 Å². The first-order chi connectivity index (χ1) is 12.7. The highest BCUT2D eigenvalue weighted by Gasteiger charge is 2.32. The van der Waals surface area contributed by atoms with Gasteiger partial charge in [-0.15, -0.1) is 0 Å². The minimum absolute atomic E-state index is 0.473. The van der Waals surface area contributed by atoms with Gasteiger partial charge in [-0.3, -0.25) is 0 Å². The van der Waals surface area contributed by atoms with Crippen molar-refractivity contribution in [2.75, 3.05) is 7.11 Å². The monoisotopic (exact) mass is 371 g/mol. The fourth-order valence-electron chi connectivity index (χ4n) is 2.52. The maximum atomic E-state index is 12.1. The SMILES string of the molecule is COC(=O)C(NC(=O)OC(C)(C)C)C(O)c1ccc(-c2ccccc2)cc1. The number of aliphatic hydroxyl groups excluding tert-OH is 1. The zero-order valence-electron chi connectivity index (χ0n) is 15.9. The van der Waals surface area contributed by atoms with Crippen molar-refractivity contribution in [3.05, 3.63) is 60.2 Å². The smallest absolute Gasteiger partial charge is 0.408 e. The molecule has 144 valence electrons. The summed E-state index contributed by atoms with van der Waals surface area (Å²) in [7, 11) is 1.19. The molecular weight excluding hydrogens is 346 g/mol. The van der Waals surface area contributed by atoms with Crippen molar-refractivity contribution in [1.29, 1.82) is 0 Å². The summed E-state index contributed by atoms with van der Waals surface area (Å²) in [4.78, 5) is 24.1. The number of aliphatic hydroxyl groups is 1. The van der Waals surface area contributed by atoms with E-state index in [-0.39, 0.29) is 0 Å². The predicted octanol–water partition coefficient (Wildman–Crippen LogP) is 3.45. The minimum Gasteiger partial charge on any atom is -0.467 e. The third kappa shape index (κ3) is 5.82. The molecule has 0 saturated heterocycles. The van der Waals surface area contributed by atoms with Crippen molar-refractivity contribution in [2.45, 2.75) is 38.5 Å². The van der Waals surface area contributed by atoms with Crippen LogP contribution in [0, 0.1) is 0 Å². The van der Waals surface area contributed by atoms with Crippen molar-refractivity contribution in [3.63, 3.8) is 0 Å². The van der Waals surface area contributed by atoms with Crippen LogP contribution in [-0.4, -0.2) is 35.9 Å². The number of benzene rings is 2. The van der Waals surface area contributed by atoms with E-state index in [1.54, 1.807) is 32.9 Å². The largest absolute Gasteiger partial charge is 0.467 e. The molecule has 6 heteroatoms. The molecule has 0 aromatic heterocycles. The number of esters is 1. The second kappa shape index (κ2) is 8.68. The molecule has 2 atom stereocenters. The van der Waals surface area contributed by atoms with Crippen LogP contribution < -0.4 is 5.32 Å². The minimum atomic E-state index is -1.28. The van der Waals surface area contributed by atoms with Gasteiger partial charge in [-0.1, -0.05) is 54.6 Å². The Bertz CT molecular complexity index is 765. The summed E-state index contributed by atoms with van der Waals surface area (Å²) in [6.07, 6.45) is -2.09. The molecule has 2 aromatic rings. The molecule has 2 aromatic carbocycles. The predicted molar refractivity (Wildman–Crippen MR) is 102 cm³/mol. The average Bonchev–Trinajstić information content (AvgIpc) is 2.64. The standard InChI is InChI=1S/C21H25NO5/c1-21(2,3)27-20(25)22-17(19(24)26-4)18(23)16-12-10-15(11-13-16)14-8-6-5-7-9-14/h5-13,17-18,23H,1-4H3,(H,22,25). The van der Waals surface area contributed by atoms with E-state index < -0.39 is 29.8 Å². The van der Waals surface area contributed by atoms with Gasteiger partial charge < -0.3 is 19.9 Å². The Morgan fingerprint density at radius 1 is 0.963 bits per heavy atom. The third-order valence-electron chi connectivity index (χ3n) is 3.80. The fraction of sp³-hybridized carbons (Fsp3) is 0.333. The van der Waals surface area contributed by atoms with E-state index in [0.29, 0.717) is 5.56 Å². The summed E-state index contributed by atoms with van der Waals surface area (Å²) in [5.74, 6) is -0.763. The van der Waals surface area contributed by atoms with Gasteiger partial charge in [-0.25, -0.2) is 9.59 Å². The summed E-state index contributed by atoms with van der Waals surface area (Å²) in [6.45, 7) is 5.12. The van der Waals surface area contributed by atoms with Gasteiger partial charge in [0.25, 0.3) is 0 Å². The average molecular weight is 371 g/mol. The highest BCUT2D eigenvalue weighted by molar-refractivity contribution is 5.82. The maximum absolute atomic E-state index is 12.1. The summed E-state index contributed by atoms with van der Waals surface area (Å²) in [5.41, 5.74) is 1.75. The number of rotatable bonds is 5. The lowest BCUT2D eigenvalue weighted by molar-refractivity contribution is -0.146. The van der Waals surface area contributed by atoms with Crippen LogP contribution in [0.1, 0.15) is 32.4 Å². The van der Waals surface area contributed by atoms with Crippen LogP contribution in [0.25, 0.3) is 11.1 Å². The number of methoxy groups -OCH3 is 1. The van der Waals surface area contributed by atoms with E-state index in [0.717, 1.165) is 11.1 Å². The molecule has 0 saturated carbocycles. The highest BCUT2D eigenvalue weighted by Crippen LogP contribution is 2.24. The van der Waals surface area contributed by atoms with E-state index in [9.17, 15) is 14.7 Å². The van der Waals surface area contributed by atoms with E-state index in [4.69, 9.17) is 9.47 Å². The molecule has 0 heterocycles. The fourth-order valence-corrected chi connectivity index (χ4v) is 2.52. The van der Waals surface area contributed by atoms with Crippen LogP contribution in [0.5, 0.6) is 0 Å². The molecule has 0 aliphatic heterocycles. The van der Waals surface area contributed by atoms with Crippen LogP contribution >= 0.6 is 0 Å². The Kier molecular flexibility index (Phi) is 6.58. The van der Waals surface area contributed by atoms with Gasteiger partial charge in [0.2, 0.25) is 0 Å². The van der Waals surface area contributed by atoms with Gasteiger partial charge in [-0.05, 0) is 37.5 Å². The van der Waals surface area contributed by atoms with Crippen LogP contribution in [0.15, 0.2) is 54.6 Å². The van der Waals surface area contributed by atoms with Crippen molar-refractivity contribution >= 4 is 12.1 Å². The quantitative estimate of drug-likeness (QED) is 0.787. The lowest BCUT2D eigenvalue weighted by Crippen LogP contribution is -2.47. The molecule has 0 fully saturated rings. The summed E-state index contributed by atoms with van der Waals surface area (Å²) >= 11 is 0. The van der Waals surface area contributed by atoms with Crippen molar-refractivity contribution in [2.24, 2.45) is 0 Å². The lowest BCUT2D eigenvalue weighted by atomic mass is 9.98. The molecule has 0 radical (unpaired) electrons. The van der Waals surface area contributed by atoms with E-state index in [1.807, 2.05) is 42.5 Å². The van der Waals surface area contributed by atoms with Crippen LogP contribution in [0.2, 0.25) is 0 Å². The molecule has 0 aliphatic carbocycles. The molecule has 27 heavy (non-hydrogen) atoms. The first-order valence-corrected chi connectivity index (χ1v) is 8.62. The first-order valence-electron chi connectivity index (χ1n) is 8.62. The van der Waals surface area contributed by atoms with Crippen LogP contribution in [0.4, 0.5) is 4.79 Å². The van der Waals surface area contributed by atoms with Gasteiger partial charge in [0.15, 0.2) is 6.04 Å². The van der Waals surface area contributed by atoms with Crippen molar-refractivity contribution < 1.29 is 24.2 Å². The molecule has 2 rings (SSSR count). The molecule has 1 amide bonds. The van der Waals surface area contributed by atoms with Crippen LogP contribution in [-0.2, 0) is 14.3 Å². The lowest BCUT2D eigenvalue weighted by Gasteiger charge is -2.25. The number of amides is 1.